The number of fused-ring (bicyclic) bond motifs is 1. The van der Waals surface area contributed by atoms with E-state index in [4.69, 9.17) is 9.88 Å². The first kappa shape index (κ1) is 18.2. The summed E-state index contributed by atoms with van der Waals surface area (Å²) in [6.07, 6.45) is 0. The molecule has 1 amide bonds. The second-order valence-corrected chi connectivity index (χ2v) is 7.86. The van der Waals surface area contributed by atoms with Crippen molar-refractivity contribution in [2.24, 2.45) is 5.14 Å². The van der Waals surface area contributed by atoms with E-state index in [-0.39, 0.29) is 16.6 Å². The molecule has 26 heavy (non-hydrogen) atoms. The van der Waals surface area contributed by atoms with E-state index in [1.54, 1.807) is 7.11 Å². The number of imidazole rings is 1. The fraction of sp³-hybridized carbons (Fsp3) is 0.125. The highest BCUT2D eigenvalue weighted by molar-refractivity contribution is 7.99. The minimum absolute atomic E-state index is 0.0115. The Bertz CT molecular complexity index is 1050. The molecular formula is C16H16N4O4S2. The number of ether oxygens (including phenoxy) is 1. The third kappa shape index (κ3) is 4.34. The van der Waals surface area contributed by atoms with Gasteiger partial charge >= 0.3 is 0 Å². The van der Waals surface area contributed by atoms with Gasteiger partial charge in [0, 0.05) is 11.8 Å². The first-order valence-corrected chi connectivity index (χ1v) is 9.97. The summed E-state index contributed by atoms with van der Waals surface area (Å²) in [5, 5.41) is 8.34. The van der Waals surface area contributed by atoms with E-state index in [0.29, 0.717) is 10.8 Å². The Morgan fingerprint density at radius 1 is 1.27 bits per heavy atom. The number of sulfonamides is 1. The van der Waals surface area contributed by atoms with Gasteiger partial charge in [0.25, 0.3) is 0 Å². The Morgan fingerprint density at radius 2 is 2.00 bits per heavy atom. The van der Waals surface area contributed by atoms with Gasteiger partial charge in [-0.05, 0) is 36.4 Å². The maximum atomic E-state index is 12.0. The molecule has 0 aliphatic heterocycles. The number of carbonyl (C=O) groups is 1. The zero-order valence-electron chi connectivity index (χ0n) is 13.7. The number of carbonyl (C=O) groups excluding carboxylic acids is 1. The van der Waals surface area contributed by atoms with Crippen molar-refractivity contribution >= 4 is 44.4 Å². The van der Waals surface area contributed by atoms with Crippen LogP contribution in [0.2, 0.25) is 0 Å². The molecule has 1 aromatic heterocycles. The standard InChI is InChI=1S/C16H16N4O4S2/c1-24-11-4-7-13-14(8-11)20-16(19-13)25-9-15(21)18-10-2-5-12(6-3-10)26(17,22)23/h2-8H,9H2,1H3,(H,18,21)(H,19,20)(H2,17,22,23). The summed E-state index contributed by atoms with van der Waals surface area (Å²) in [4.78, 5) is 19.6. The van der Waals surface area contributed by atoms with Gasteiger partial charge < -0.3 is 15.0 Å². The smallest absolute Gasteiger partial charge is 0.238 e. The number of nitrogens with two attached hydrogens (primary N) is 1. The third-order valence-electron chi connectivity index (χ3n) is 3.47. The number of nitrogens with zero attached hydrogens (tertiary/aromatic N) is 1. The van der Waals surface area contributed by atoms with E-state index in [2.05, 4.69) is 15.3 Å². The Morgan fingerprint density at radius 3 is 2.65 bits per heavy atom. The molecule has 0 saturated heterocycles. The summed E-state index contributed by atoms with van der Waals surface area (Å²) in [7, 11) is -2.16. The normalized spacial score (nSPS) is 11.5. The van der Waals surface area contributed by atoms with Crippen molar-refractivity contribution in [3.63, 3.8) is 0 Å². The zero-order chi connectivity index (χ0) is 18.7. The van der Waals surface area contributed by atoms with Crippen LogP contribution in [0.5, 0.6) is 5.75 Å². The number of aromatic amines is 1. The molecule has 0 atom stereocenters. The largest absolute Gasteiger partial charge is 0.497 e. The Balaban J connectivity index is 1.60. The minimum atomic E-state index is -3.75. The number of rotatable bonds is 6. The number of nitrogens with one attached hydrogen (secondary N) is 2. The first-order valence-electron chi connectivity index (χ1n) is 7.44. The Labute approximate surface area is 154 Å². The molecule has 10 heteroatoms. The van der Waals surface area contributed by atoms with E-state index < -0.39 is 10.0 Å². The van der Waals surface area contributed by atoms with Gasteiger partial charge in [0.1, 0.15) is 5.75 Å². The van der Waals surface area contributed by atoms with E-state index in [9.17, 15) is 13.2 Å². The molecule has 3 aromatic rings. The number of hydrogen-bond acceptors (Lipinski definition) is 6. The Hall–Kier alpha value is -2.56. The van der Waals surface area contributed by atoms with Crippen molar-refractivity contribution in [1.29, 1.82) is 0 Å². The molecule has 0 radical (unpaired) electrons. The van der Waals surface area contributed by atoms with Crippen LogP contribution in [-0.4, -0.2) is 37.2 Å². The lowest BCUT2D eigenvalue weighted by atomic mass is 10.3. The van der Waals surface area contributed by atoms with Crippen LogP contribution < -0.4 is 15.2 Å². The van der Waals surface area contributed by atoms with Crippen LogP contribution in [0.3, 0.4) is 0 Å². The Kier molecular flexibility index (Phi) is 5.16. The fourth-order valence-electron chi connectivity index (χ4n) is 2.22. The minimum Gasteiger partial charge on any atom is -0.497 e. The molecule has 1 heterocycles. The highest BCUT2D eigenvalue weighted by atomic mass is 32.2. The van der Waals surface area contributed by atoms with Crippen LogP contribution in [-0.2, 0) is 14.8 Å². The van der Waals surface area contributed by atoms with Gasteiger partial charge in [-0.2, -0.15) is 0 Å². The van der Waals surface area contributed by atoms with Crippen molar-refractivity contribution in [3.8, 4) is 5.75 Å². The monoisotopic (exact) mass is 392 g/mol. The van der Waals surface area contributed by atoms with Crippen LogP contribution in [0.1, 0.15) is 0 Å². The molecule has 0 aliphatic carbocycles. The van der Waals surface area contributed by atoms with Crippen LogP contribution in [0.15, 0.2) is 52.5 Å². The van der Waals surface area contributed by atoms with Crippen LogP contribution in [0.4, 0.5) is 5.69 Å². The number of thioether (sulfide) groups is 1. The maximum absolute atomic E-state index is 12.0. The van der Waals surface area contributed by atoms with E-state index in [1.807, 2.05) is 18.2 Å². The number of hydrogen-bond donors (Lipinski definition) is 3. The lowest BCUT2D eigenvalue weighted by Gasteiger charge is -2.05. The molecule has 0 saturated carbocycles. The molecule has 8 nitrogen and oxygen atoms in total. The van der Waals surface area contributed by atoms with Crippen molar-refractivity contribution in [1.82, 2.24) is 9.97 Å². The van der Waals surface area contributed by atoms with E-state index in [0.717, 1.165) is 16.8 Å². The molecule has 2 aromatic carbocycles. The second-order valence-electron chi connectivity index (χ2n) is 5.33. The lowest BCUT2D eigenvalue weighted by molar-refractivity contribution is -0.113. The zero-order valence-corrected chi connectivity index (χ0v) is 15.4. The molecule has 0 fully saturated rings. The van der Waals surface area contributed by atoms with Gasteiger partial charge in [0.15, 0.2) is 5.16 Å². The number of amides is 1. The molecular weight excluding hydrogens is 376 g/mol. The number of H-pyrrole nitrogens is 1. The number of primary sulfonamides is 1. The van der Waals surface area contributed by atoms with Gasteiger partial charge in [0.05, 0.1) is 28.8 Å². The van der Waals surface area contributed by atoms with Gasteiger partial charge in [-0.15, -0.1) is 0 Å². The first-order chi connectivity index (χ1) is 12.3. The van der Waals surface area contributed by atoms with E-state index >= 15 is 0 Å². The SMILES string of the molecule is COc1ccc2nc(SCC(=O)Nc3ccc(S(N)(=O)=O)cc3)[nH]c2c1. The lowest BCUT2D eigenvalue weighted by Crippen LogP contribution is -2.15. The molecule has 3 rings (SSSR count). The van der Waals surface area contributed by atoms with Crippen LogP contribution in [0.25, 0.3) is 11.0 Å². The molecule has 0 aliphatic rings. The quantitative estimate of drug-likeness (QED) is 0.550. The summed E-state index contributed by atoms with van der Waals surface area (Å²) in [6, 6.07) is 11.1. The van der Waals surface area contributed by atoms with Crippen LogP contribution >= 0.6 is 11.8 Å². The van der Waals surface area contributed by atoms with Gasteiger partial charge in [-0.3, -0.25) is 4.79 Å². The number of anilines is 1. The second kappa shape index (κ2) is 7.36. The average molecular weight is 392 g/mol. The molecule has 0 bridgehead atoms. The summed E-state index contributed by atoms with van der Waals surface area (Å²) in [5.41, 5.74) is 2.09. The summed E-state index contributed by atoms with van der Waals surface area (Å²) in [5.74, 6) is 0.628. The van der Waals surface area contributed by atoms with Crippen LogP contribution in [0, 0.1) is 0 Å². The molecule has 136 valence electrons. The average Bonchev–Trinajstić information content (AvgIpc) is 3.01. The van der Waals surface area contributed by atoms with E-state index in [1.165, 1.54) is 36.0 Å². The fourth-order valence-corrected chi connectivity index (χ4v) is 3.42. The van der Waals surface area contributed by atoms with Gasteiger partial charge in [-0.25, -0.2) is 18.5 Å². The van der Waals surface area contributed by atoms with Gasteiger partial charge in [0.2, 0.25) is 15.9 Å². The predicted molar refractivity (Wildman–Crippen MR) is 99.8 cm³/mol. The predicted octanol–water partition coefficient (Wildman–Crippen LogP) is 1.95. The highest BCUT2D eigenvalue weighted by Crippen LogP contribution is 2.23. The molecule has 4 N–H and O–H groups in total. The summed E-state index contributed by atoms with van der Waals surface area (Å²) < 4.78 is 27.6. The summed E-state index contributed by atoms with van der Waals surface area (Å²) >= 11 is 1.26. The van der Waals surface area contributed by atoms with Crippen molar-refractivity contribution in [2.45, 2.75) is 10.1 Å². The third-order valence-corrected chi connectivity index (χ3v) is 5.28. The van der Waals surface area contributed by atoms with Crippen molar-refractivity contribution in [3.05, 3.63) is 42.5 Å². The molecule has 0 unspecified atom stereocenters. The van der Waals surface area contributed by atoms with Gasteiger partial charge in [-0.1, -0.05) is 11.8 Å². The number of aromatic nitrogens is 2. The number of benzene rings is 2. The topological polar surface area (TPSA) is 127 Å². The van der Waals surface area contributed by atoms with Crippen molar-refractivity contribution < 1.29 is 17.9 Å². The highest BCUT2D eigenvalue weighted by Gasteiger charge is 2.10. The number of methoxy groups -OCH3 is 1. The maximum Gasteiger partial charge on any atom is 0.238 e. The molecule has 0 spiro atoms. The summed E-state index contributed by atoms with van der Waals surface area (Å²) in [6.45, 7) is 0. The van der Waals surface area contributed by atoms with Crippen molar-refractivity contribution in [2.75, 3.05) is 18.2 Å².